The molecule has 1 aliphatic heterocycles. The van der Waals surface area contributed by atoms with Gasteiger partial charge in [-0.05, 0) is 12.1 Å². The van der Waals surface area contributed by atoms with Crippen LogP contribution in [0.2, 0.25) is 0 Å². The molecule has 0 aliphatic carbocycles. The summed E-state index contributed by atoms with van der Waals surface area (Å²) in [6.45, 7) is 1.35. The number of nitrogens with zero attached hydrogens (tertiary/aromatic N) is 2. The van der Waals surface area contributed by atoms with Crippen LogP contribution < -0.4 is 20.5 Å². The summed E-state index contributed by atoms with van der Waals surface area (Å²) in [7, 11) is 0. The van der Waals surface area contributed by atoms with Crippen molar-refractivity contribution in [2.45, 2.75) is 6.42 Å². The first-order valence-corrected chi connectivity index (χ1v) is 6.05. The van der Waals surface area contributed by atoms with Crippen molar-refractivity contribution in [1.29, 1.82) is 0 Å². The second-order valence-corrected chi connectivity index (χ2v) is 4.16. The van der Waals surface area contributed by atoms with Crippen molar-refractivity contribution in [2.75, 3.05) is 24.3 Å². The number of ether oxygens (including phenoxy) is 2. The summed E-state index contributed by atoms with van der Waals surface area (Å²) in [4.78, 5) is 8.11. The number of nitrogens with two attached hydrogens (primary N) is 1. The lowest BCUT2D eigenvalue weighted by molar-refractivity contribution is 0.297. The molecule has 2 aromatic rings. The van der Waals surface area contributed by atoms with Gasteiger partial charge in [0.15, 0.2) is 11.5 Å². The molecule has 0 atom stereocenters. The van der Waals surface area contributed by atoms with E-state index in [2.05, 4.69) is 15.3 Å². The zero-order valence-electron chi connectivity index (χ0n) is 10.3. The van der Waals surface area contributed by atoms with Crippen LogP contribution in [0, 0.1) is 0 Å². The quantitative estimate of drug-likeness (QED) is 0.857. The van der Waals surface area contributed by atoms with E-state index in [0.29, 0.717) is 24.8 Å². The Bertz CT molecular complexity index is 571. The highest BCUT2D eigenvalue weighted by Gasteiger charge is 2.10. The molecule has 0 fully saturated rings. The van der Waals surface area contributed by atoms with Crippen LogP contribution in [0.15, 0.2) is 30.6 Å². The van der Waals surface area contributed by atoms with Gasteiger partial charge in [0, 0.05) is 18.2 Å². The van der Waals surface area contributed by atoms with Crippen molar-refractivity contribution in [1.82, 2.24) is 9.97 Å². The standard InChI is InChI=1S/C13H14N4O2/c14-12-7-16-13(8-15-12)17-9-2-3-10-11(6-9)19-5-1-4-18-10/h2-3,6-8H,1,4-5H2,(H2,14,15)(H,16,17). The predicted molar refractivity (Wildman–Crippen MR) is 71.8 cm³/mol. The molecule has 3 N–H and O–H groups in total. The molecule has 1 aliphatic rings. The van der Waals surface area contributed by atoms with Gasteiger partial charge >= 0.3 is 0 Å². The average molecular weight is 258 g/mol. The zero-order valence-corrected chi connectivity index (χ0v) is 10.3. The number of hydrogen-bond donors (Lipinski definition) is 2. The topological polar surface area (TPSA) is 82.3 Å². The summed E-state index contributed by atoms with van der Waals surface area (Å²) < 4.78 is 11.2. The zero-order chi connectivity index (χ0) is 13.1. The molecule has 0 amide bonds. The van der Waals surface area contributed by atoms with Gasteiger partial charge in [0.05, 0.1) is 25.6 Å². The first-order valence-electron chi connectivity index (χ1n) is 6.05. The van der Waals surface area contributed by atoms with Crippen molar-refractivity contribution >= 4 is 17.3 Å². The van der Waals surface area contributed by atoms with Crippen LogP contribution in [0.3, 0.4) is 0 Å². The third-order valence-electron chi connectivity index (χ3n) is 2.69. The molecule has 1 aromatic carbocycles. The van der Waals surface area contributed by atoms with Crippen molar-refractivity contribution in [3.05, 3.63) is 30.6 Å². The van der Waals surface area contributed by atoms with Gasteiger partial charge in [0.25, 0.3) is 0 Å². The summed E-state index contributed by atoms with van der Waals surface area (Å²) in [5.74, 6) is 2.53. The van der Waals surface area contributed by atoms with Gasteiger partial charge in [-0.25, -0.2) is 9.97 Å². The second kappa shape index (κ2) is 5.01. The Hall–Kier alpha value is -2.50. The van der Waals surface area contributed by atoms with Crippen LogP contribution in [-0.2, 0) is 0 Å². The lowest BCUT2D eigenvalue weighted by Crippen LogP contribution is -1.98. The monoisotopic (exact) mass is 258 g/mol. The first-order chi connectivity index (χ1) is 9.31. The fraction of sp³-hybridized carbons (Fsp3) is 0.231. The molecule has 3 rings (SSSR count). The lowest BCUT2D eigenvalue weighted by Gasteiger charge is -2.10. The number of nitrogen functional groups attached to an aromatic ring is 1. The van der Waals surface area contributed by atoms with Gasteiger partial charge in [-0.1, -0.05) is 0 Å². The van der Waals surface area contributed by atoms with Gasteiger partial charge in [0.2, 0.25) is 0 Å². The molecular weight excluding hydrogens is 244 g/mol. The highest BCUT2D eigenvalue weighted by molar-refractivity contribution is 5.61. The largest absolute Gasteiger partial charge is 0.490 e. The maximum atomic E-state index is 5.62. The van der Waals surface area contributed by atoms with Gasteiger partial charge in [0.1, 0.15) is 11.6 Å². The Labute approximate surface area is 110 Å². The van der Waals surface area contributed by atoms with E-state index in [1.54, 1.807) is 6.20 Å². The maximum absolute atomic E-state index is 5.62. The molecule has 98 valence electrons. The Morgan fingerprint density at radius 2 is 1.89 bits per heavy atom. The number of fused-ring (bicyclic) bond motifs is 1. The SMILES string of the molecule is Nc1cnc(Nc2ccc3c(c2)OCCCO3)cn1. The second-order valence-electron chi connectivity index (χ2n) is 4.16. The van der Waals surface area contributed by atoms with Crippen LogP contribution in [0.4, 0.5) is 17.3 Å². The van der Waals surface area contributed by atoms with E-state index in [1.807, 2.05) is 18.2 Å². The number of anilines is 3. The summed E-state index contributed by atoms with van der Waals surface area (Å²) in [5, 5.41) is 3.14. The number of aromatic nitrogens is 2. The normalized spacial score (nSPS) is 13.7. The smallest absolute Gasteiger partial charge is 0.163 e. The minimum atomic E-state index is 0.393. The third-order valence-corrected chi connectivity index (χ3v) is 2.69. The molecule has 6 heteroatoms. The van der Waals surface area contributed by atoms with E-state index in [-0.39, 0.29) is 0 Å². The molecule has 0 bridgehead atoms. The number of rotatable bonds is 2. The van der Waals surface area contributed by atoms with Gasteiger partial charge in [-0.3, -0.25) is 0 Å². The predicted octanol–water partition coefficient (Wildman–Crippen LogP) is 1.96. The molecule has 0 saturated heterocycles. The Kier molecular flexibility index (Phi) is 3.06. The van der Waals surface area contributed by atoms with Crippen molar-refractivity contribution in [3.8, 4) is 11.5 Å². The molecule has 2 heterocycles. The van der Waals surface area contributed by atoms with Crippen LogP contribution in [0.1, 0.15) is 6.42 Å². The van der Waals surface area contributed by atoms with Crippen molar-refractivity contribution in [3.63, 3.8) is 0 Å². The van der Waals surface area contributed by atoms with E-state index in [1.165, 1.54) is 6.20 Å². The van der Waals surface area contributed by atoms with Gasteiger partial charge in [-0.2, -0.15) is 0 Å². The van der Waals surface area contributed by atoms with Gasteiger partial charge in [-0.15, -0.1) is 0 Å². The van der Waals surface area contributed by atoms with Crippen LogP contribution in [0.5, 0.6) is 11.5 Å². The average Bonchev–Trinajstić information content (AvgIpc) is 2.66. The van der Waals surface area contributed by atoms with Crippen LogP contribution in [-0.4, -0.2) is 23.2 Å². The molecule has 0 radical (unpaired) electrons. The summed E-state index contributed by atoms with van der Waals surface area (Å²) in [5.41, 5.74) is 6.35. The number of hydrogen-bond acceptors (Lipinski definition) is 6. The van der Waals surface area contributed by atoms with Crippen LogP contribution >= 0.6 is 0 Å². The lowest BCUT2D eigenvalue weighted by atomic mass is 10.2. The van der Waals surface area contributed by atoms with E-state index < -0.39 is 0 Å². The fourth-order valence-corrected chi connectivity index (χ4v) is 1.79. The maximum Gasteiger partial charge on any atom is 0.163 e. The van der Waals surface area contributed by atoms with Crippen LogP contribution in [0.25, 0.3) is 0 Å². The van der Waals surface area contributed by atoms with Crippen molar-refractivity contribution in [2.24, 2.45) is 0 Å². The number of nitrogens with one attached hydrogen (secondary N) is 1. The van der Waals surface area contributed by atoms with E-state index >= 15 is 0 Å². The molecular formula is C13H14N4O2. The Morgan fingerprint density at radius 3 is 2.68 bits per heavy atom. The molecule has 0 saturated carbocycles. The van der Waals surface area contributed by atoms with Crippen molar-refractivity contribution < 1.29 is 9.47 Å². The van der Waals surface area contributed by atoms with E-state index in [9.17, 15) is 0 Å². The Morgan fingerprint density at radius 1 is 1.05 bits per heavy atom. The van der Waals surface area contributed by atoms with E-state index in [0.717, 1.165) is 23.6 Å². The highest BCUT2D eigenvalue weighted by atomic mass is 16.5. The minimum Gasteiger partial charge on any atom is -0.490 e. The third kappa shape index (κ3) is 2.67. The summed E-state index contributed by atoms with van der Waals surface area (Å²) in [6.07, 6.45) is 3.98. The van der Waals surface area contributed by atoms with E-state index in [4.69, 9.17) is 15.2 Å². The molecule has 19 heavy (non-hydrogen) atoms. The van der Waals surface area contributed by atoms with Gasteiger partial charge < -0.3 is 20.5 Å². The summed E-state index contributed by atoms with van der Waals surface area (Å²) >= 11 is 0. The molecule has 0 spiro atoms. The number of benzene rings is 1. The Balaban J connectivity index is 1.81. The highest BCUT2D eigenvalue weighted by Crippen LogP contribution is 2.32. The fourth-order valence-electron chi connectivity index (χ4n) is 1.79. The summed E-state index contributed by atoms with van der Waals surface area (Å²) in [6, 6.07) is 5.68. The molecule has 6 nitrogen and oxygen atoms in total. The molecule has 0 unspecified atom stereocenters. The molecule has 1 aromatic heterocycles. The first kappa shape index (κ1) is 11.6. The minimum absolute atomic E-state index is 0.393.